The molecule has 2 aliphatic rings. The van der Waals surface area contributed by atoms with Gasteiger partial charge < -0.3 is 19.4 Å². The molecule has 0 aliphatic carbocycles. The van der Waals surface area contributed by atoms with Gasteiger partial charge in [-0.25, -0.2) is 4.98 Å². The minimum absolute atomic E-state index is 0.0274. The average molecular weight is 308 g/mol. The number of nitrogens with one attached hydrogen (secondary N) is 1. The van der Waals surface area contributed by atoms with Gasteiger partial charge in [0.1, 0.15) is 5.69 Å². The summed E-state index contributed by atoms with van der Waals surface area (Å²) in [6.45, 7) is 4.86. The van der Waals surface area contributed by atoms with E-state index < -0.39 is 0 Å². The highest BCUT2D eigenvalue weighted by molar-refractivity contribution is 5.92. The zero-order chi connectivity index (χ0) is 15.4. The summed E-state index contributed by atoms with van der Waals surface area (Å²) in [5, 5.41) is 0. The van der Waals surface area contributed by atoms with Gasteiger partial charge in [0.2, 0.25) is 0 Å². The standard InChI is InChI=1S/C15H24N4O3/c1-21-8-6-18-7-9-22-14-3-5-19(4-2-13(14)18)15(20)12-10-16-11-17-12/h10-11,13-14H,2-9H2,1H3,(H,16,17)/t13-,14-/m0/s1. The lowest BCUT2D eigenvalue weighted by Crippen LogP contribution is -2.52. The van der Waals surface area contributed by atoms with Crippen LogP contribution < -0.4 is 0 Å². The molecule has 1 aromatic rings. The molecule has 7 heteroatoms. The van der Waals surface area contributed by atoms with Crippen LogP contribution in [0.4, 0.5) is 0 Å². The lowest BCUT2D eigenvalue weighted by molar-refractivity contribution is -0.0761. The number of rotatable bonds is 4. The van der Waals surface area contributed by atoms with Crippen molar-refractivity contribution in [3.05, 3.63) is 18.2 Å². The number of imidazole rings is 1. The van der Waals surface area contributed by atoms with Gasteiger partial charge in [-0.05, 0) is 12.8 Å². The van der Waals surface area contributed by atoms with Crippen molar-refractivity contribution in [2.45, 2.75) is 25.0 Å². The van der Waals surface area contributed by atoms with Gasteiger partial charge in [-0.3, -0.25) is 9.69 Å². The normalized spacial score (nSPS) is 26.5. The number of carbonyl (C=O) groups is 1. The minimum Gasteiger partial charge on any atom is -0.383 e. The number of nitrogens with zero attached hydrogens (tertiary/aromatic N) is 3. The van der Waals surface area contributed by atoms with E-state index in [4.69, 9.17) is 9.47 Å². The summed E-state index contributed by atoms with van der Waals surface area (Å²) >= 11 is 0. The molecule has 22 heavy (non-hydrogen) atoms. The zero-order valence-corrected chi connectivity index (χ0v) is 13.0. The molecule has 3 rings (SSSR count). The molecule has 1 aromatic heterocycles. The van der Waals surface area contributed by atoms with Gasteiger partial charge in [0, 0.05) is 39.3 Å². The van der Waals surface area contributed by atoms with Gasteiger partial charge in [-0.2, -0.15) is 0 Å². The third kappa shape index (κ3) is 3.31. The van der Waals surface area contributed by atoms with Gasteiger partial charge in [-0.15, -0.1) is 0 Å². The van der Waals surface area contributed by atoms with Crippen molar-refractivity contribution in [3.63, 3.8) is 0 Å². The van der Waals surface area contributed by atoms with Gasteiger partial charge in [0.25, 0.3) is 5.91 Å². The smallest absolute Gasteiger partial charge is 0.271 e. The van der Waals surface area contributed by atoms with Crippen LogP contribution in [-0.4, -0.2) is 84.3 Å². The topological polar surface area (TPSA) is 70.7 Å². The van der Waals surface area contributed by atoms with E-state index in [-0.39, 0.29) is 12.0 Å². The molecule has 0 unspecified atom stereocenters. The Labute approximate surface area is 130 Å². The number of methoxy groups -OCH3 is 1. The summed E-state index contributed by atoms with van der Waals surface area (Å²) in [5.74, 6) is 0.0274. The number of carbonyl (C=O) groups excluding carboxylic acids is 1. The number of amides is 1. The summed E-state index contributed by atoms with van der Waals surface area (Å²) in [6.07, 6.45) is 5.16. The number of H-pyrrole nitrogens is 1. The van der Waals surface area contributed by atoms with Gasteiger partial charge >= 0.3 is 0 Å². The molecule has 1 N–H and O–H groups in total. The number of hydrogen-bond donors (Lipinski definition) is 1. The highest BCUT2D eigenvalue weighted by Gasteiger charge is 2.35. The number of morpholine rings is 1. The molecule has 2 fully saturated rings. The van der Waals surface area contributed by atoms with Gasteiger partial charge in [0.15, 0.2) is 0 Å². The van der Waals surface area contributed by atoms with Crippen molar-refractivity contribution in [2.75, 3.05) is 46.5 Å². The number of aromatic nitrogens is 2. The fourth-order valence-electron chi connectivity index (χ4n) is 3.39. The number of hydrogen-bond acceptors (Lipinski definition) is 5. The largest absolute Gasteiger partial charge is 0.383 e. The second kappa shape index (κ2) is 7.21. The summed E-state index contributed by atoms with van der Waals surface area (Å²) in [6, 6.07) is 0.378. The van der Waals surface area contributed by atoms with Gasteiger partial charge in [0.05, 0.1) is 31.8 Å². The Bertz CT molecular complexity index is 479. The number of fused-ring (bicyclic) bond motifs is 1. The Balaban J connectivity index is 1.64. The molecule has 0 bridgehead atoms. The third-order valence-electron chi connectivity index (χ3n) is 4.59. The molecule has 2 saturated heterocycles. The fraction of sp³-hybridized carbons (Fsp3) is 0.733. The molecule has 0 saturated carbocycles. The molecule has 1 amide bonds. The van der Waals surface area contributed by atoms with Crippen molar-refractivity contribution in [3.8, 4) is 0 Å². The predicted octanol–water partition coefficient (Wildman–Crippen LogP) is 0.362. The van der Waals surface area contributed by atoms with Crippen molar-refractivity contribution in [2.24, 2.45) is 0 Å². The summed E-state index contributed by atoms with van der Waals surface area (Å²) in [7, 11) is 1.73. The average Bonchev–Trinajstić information content (AvgIpc) is 2.99. The number of ether oxygens (including phenoxy) is 2. The third-order valence-corrected chi connectivity index (χ3v) is 4.59. The van der Waals surface area contributed by atoms with E-state index in [1.165, 1.54) is 0 Å². The van der Waals surface area contributed by atoms with E-state index in [0.29, 0.717) is 11.7 Å². The quantitative estimate of drug-likeness (QED) is 0.870. The molecule has 3 heterocycles. The Kier molecular flexibility index (Phi) is 5.07. The Hall–Kier alpha value is -1.44. The van der Waals surface area contributed by atoms with Crippen LogP contribution in [-0.2, 0) is 9.47 Å². The molecule has 0 spiro atoms. The molecule has 0 aromatic carbocycles. The Morgan fingerprint density at radius 1 is 1.45 bits per heavy atom. The zero-order valence-electron chi connectivity index (χ0n) is 13.0. The van der Waals surface area contributed by atoms with E-state index in [2.05, 4.69) is 14.9 Å². The summed E-state index contributed by atoms with van der Waals surface area (Å²) in [4.78, 5) is 23.6. The van der Waals surface area contributed by atoms with E-state index in [1.54, 1.807) is 19.6 Å². The maximum Gasteiger partial charge on any atom is 0.271 e. The Morgan fingerprint density at radius 3 is 3.09 bits per heavy atom. The molecular weight excluding hydrogens is 284 g/mol. The molecule has 7 nitrogen and oxygen atoms in total. The van der Waals surface area contributed by atoms with Crippen molar-refractivity contribution in [1.29, 1.82) is 0 Å². The maximum atomic E-state index is 12.5. The lowest BCUT2D eigenvalue weighted by Gasteiger charge is -2.40. The van der Waals surface area contributed by atoms with E-state index in [0.717, 1.165) is 52.2 Å². The van der Waals surface area contributed by atoms with Crippen molar-refractivity contribution in [1.82, 2.24) is 19.8 Å². The van der Waals surface area contributed by atoms with Crippen LogP contribution in [0.3, 0.4) is 0 Å². The number of aromatic amines is 1. The maximum absolute atomic E-state index is 12.5. The molecule has 2 atom stereocenters. The fourth-order valence-corrected chi connectivity index (χ4v) is 3.39. The van der Waals surface area contributed by atoms with Crippen molar-refractivity contribution >= 4 is 5.91 Å². The molecule has 2 aliphatic heterocycles. The summed E-state index contributed by atoms with van der Waals surface area (Å²) in [5.41, 5.74) is 0.557. The van der Waals surface area contributed by atoms with Crippen LogP contribution in [0.5, 0.6) is 0 Å². The van der Waals surface area contributed by atoms with E-state index in [1.807, 2.05) is 4.90 Å². The molecular formula is C15H24N4O3. The SMILES string of the molecule is COCCN1CCO[C@H]2CCN(C(=O)c3cnc[nH]3)CC[C@@H]21. The minimum atomic E-state index is 0.0274. The highest BCUT2D eigenvalue weighted by Crippen LogP contribution is 2.24. The van der Waals surface area contributed by atoms with Crippen LogP contribution in [0.1, 0.15) is 23.3 Å². The van der Waals surface area contributed by atoms with E-state index in [9.17, 15) is 4.79 Å². The first kappa shape index (κ1) is 15.5. The van der Waals surface area contributed by atoms with Crippen LogP contribution >= 0.6 is 0 Å². The van der Waals surface area contributed by atoms with Crippen molar-refractivity contribution < 1.29 is 14.3 Å². The highest BCUT2D eigenvalue weighted by atomic mass is 16.5. The monoisotopic (exact) mass is 308 g/mol. The van der Waals surface area contributed by atoms with Crippen LogP contribution in [0.25, 0.3) is 0 Å². The van der Waals surface area contributed by atoms with Crippen LogP contribution in [0.15, 0.2) is 12.5 Å². The second-order valence-electron chi connectivity index (χ2n) is 5.84. The van der Waals surface area contributed by atoms with Gasteiger partial charge in [-0.1, -0.05) is 0 Å². The van der Waals surface area contributed by atoms with Crippen LogP contribution in [0, 0.1) is 0 Å². The first-order chi connectivity index (χ1) is 10.8. The predicted molar refractivity (Wildman–Crippen MR) is 80.7 cm³/mol. The summed E-state index contributed by atoms with van der Waals surface area (Å²) < 4.78 is 11.2. The van der Waals surface area contributed by atoms with E-state index >= 15 is 0 Å². The number of likely N-dealkylation sites (tertiary alicyclic amines) is 1. The molecule has 122 valence electrons. The molecule has 0 radical (unpaired) electrons. The Morgan fingerprint density at radius 2 is 2.32 bits per heavy atom. The lowest BCUT2D eigenvalue weighted by atomic mass is 10.0. The first-order valence-corrected chi connectivity index (χ1v) is 7.92. The van der Waals surface area contributed by atoms with Crippen LogP contribution in [0.2, 0.25) is 0 Å². The second-order valence-corrected chi connectivity index (χ2v) is 5.84. The first-order valence-electron chi connectivity index (χ1n) is 7.92.